The molecule has 2 aromatic rings. The van der Waals surface area contributed by atoms with Crippen LogP contribution in [0.1, 0.15) is 20.3 Å². The first-order chi connectivity index (χ1) is 9.60. The van der Waals surface area contributed by atoms with Crippen molar-refractivity contribution >= 4 is 40.7 Å². The van der Waals surface area contributed by atoms with E-state index in [0.717, 1.165) is 12.2 Å². The highest BCUT2D eigenvalue weighted by molar-refractivity contribution is 6.43. The zero-order chi connectivity index (χ0) is 14.5. The van der Waals surface area contributed by atoms with Crippen molar-refractivity contribution in [2.24, 2.45) is 0 Å². The summed E-state index contributed by atoms with van der Waals surface area (Å²) >= 11 is 12.1. The lowest BCUT2D eigenvalue weighted by atomic mass is 10.2. The molecule has 0 aliphatic heterocycles. The summed E-state index contributed by atoms with van der Waals surface area (Å²) in [6, 6.07) is 7.56. The van der Waals surface area contributed by atoms with Crippen LogP contribution in [-0.4, -0.2) is 16.0 Å². The molecule has 0 aliphatic rings. The van der Waals surface area contributed by atoms with Gasteiger partial charge < -0.3 is 10.6 Å². The van der Waals surface area contributed by atoms with Crippen molar-refractivity contribution in [1.29, 1.82) is 0 Å². The van der Waals surface area contributed by atoms with Crippen molar-refractivity contribution < 1.29 is 0 Å². The van der Waals surface area contributed by atoms with Crippen molar-refractivity contribution in [3.8, 4) is 0 Å². The Morgan fingerprint density at radius 3 is 2.80 bits per heavy atom. The van der Waals surface area contributed by atoms with Gasteiger partial charge in [0, 0.05) is 12.2 Å². The molecule has 0 radical (unpaired) electrons. The highest BCUT2D eigenvalue weighted by Crippen LogP contribution is 2.30. The maximum Gasteiger partial charge on any atom is 0.229 e. The minimum absolute atomic E-state index is 0.354. The third-order valence-corrected chi connectivity index (χ3v) is 3.68. The molecule has 0 bridgehead atoms. The third-order valence-electron chi connectivity index (χ3n) is 2.86. The maximum absolute atomic E-state index is 6.12. The van der Waals surface area contributed by atoms with Crippen molar-refractivity contribution in [2.75, 3.05) is 10.6 Å². The van der Waals surface area contributed by atoms with E-state index >= 15 is 0 Å². The standard InChI is InChI=1S/C14H16Cl2N4/c1-3-9(2)18-12-7-8-17-14(20-12)19-11-6-4-5-10(15)13(11)16/h4-9H,3H2,1-2H3,(H2,17,18,19,20). The normalized spacial score (nSPS) is 12.0. The summed E-state index contributed by atoms with van der Waals surface area (Å²) in [5, 5.41) is 7.31. The predicted molar refractivity (Wildman–Crippen MR) is 85.2 cm³/mol. The van der Waals surface area contributed by atoms with Crippen molar-refractivity contribution in [3.63, 3.8) is 0 Å². The first kappa shape index (κ1) is 14.9. The van der Waals surface area contributed by atoms with E-state index in [4.69, 9.17) is 23.2 Å². The molecule has 2 N–H and O–H groups in total. The number of benzene rings is 1. The average Bonchev–Trinajstić information content (AvgIpc) is 2.44. The molecule has 2 rings (SSSR count). The lowest BCUT2D eigenvalue weighted by molar-refractivity contribution is 0.758. The number of nitrogens with zero attached hydrogens (tertiary/aromatic N) is 2. The first-order valence-electron chi connectivity index (χ1n) is 6.40. The van der Waals surface area contributed by atoms with Gasteiger partial charge in [-0.2, -0.15) is 4.98 Å². The molecule has 4 nitrogen and oxygen atoms in total. The number of nitrogens with one attached hydrogen (secondary N) is 2. The molecular weight excluding hydrogens is 295 g/mol. The molecule has 0 aliphatic carbocycles. The van der Waals surface area contributed by atoms with Crippen LogP contribution in [0.3, 0.4) is 0 Å². The Morgan fingerprint density at radius 1 is 1.25 bits per heavy atom. The van der Waals surface area contributed by atoms with Gasteiger partial charge in [-0.1, -0.05) is 36.2 Å². The zero-order valence-corrected chi connectivity index (χ0v) is 12.8. The summed E-state index contributed by atoms with van der Waals surface area (Å²) in [6.07, 6.45) is 2.71. The number of anilines is 3. The Hall–Kier alpha value is -1.52. The maximum atomic E-state index is 6.12. The minimum atomic E-state index is 0.354. The molecule has 106 valence electrons. The van der Waals surface area contributed by atoms with E-state index in [0.29, 0.717) is 27.7 Å². The number of halogens is 2. The van der Waals surface area contributed by atoms with E-state index in [9.17, 15) is 0 Å². The lowest BCUT2D eigenvalue weighted by Gasteiger charge is -2.13. The van der Waals surface area contributed by atoms with Crippen LogP contribution in [0.4, 0.5) is 17.5 Å². The van der Waals surface area contributed by atoms with Gasteiger partial charge in [-0.15, -0.1) is 0 Å². The molecule has 0 saturated heterocycles. The first-order valence-corrected chi connectivity index (χ1v) is 7.16. The van der Waals surface area contributed by atoms with Gasteiger partial charge in [0.1, 0.15) is 5.82 Å². The summed E-state index contributed by atoms with van der Waals surface area (Å²) < 4.78 is 0. The third kappa shape index (κ3) is 3.74. The predicted octanol–water partition coefficient (Wildman–Crippen LogP) is 4.74. The largest absolute Gasteiger partial charge is 0.367 e. The van der Waals surface area contributed by atoms with Crippen LogP contribution >= 0.6 is 23.2 Å². The van der Waals surface area contributed by atoms with Crippen molar-refractivity contribution in [1.82, 2.24) is 9.97 Å². The fourth-order valence-corrected chi connectivity index (χ4v) is 1.92. The SMILES string of the molecule is CCC(C)Nc1ccnc(Nc2cccc(Cl)c2Cl)n1. The monoisotopic (exact) mass is 310 g/mol. The second-order valence-electron chi connectivity index (χ2n) is 4.45. The molecule has 0 amide bonds. The van der Waals surface area contributed by atoms with E-state index in [2.05, 4.69) is 34.4 Å². The number of aromatic nitrogens is 2. The van der Waals surface area contributed by atoms with Gasteiger partial charge >= 0.3 is 0 Å². The van der Waals surface area contributed by atoms with Crippen molar-refractivity contribution in [3.05, 3.63) is 40.5 Å². The molecule has 0 spiro atoms. The number of hydrogen-bond acceptors (Lipinski definition) is 4. The average molecular weight is 311 g/mol. The summed E-state index contributed by atoms with van der Waals surface area (Å²) in [6.45, 7) is 4.22. The lowest BCUT2D eigenvalue weighted by Crippen LogP contribution is -2.15. The molecule has 20 heavy (non-hydrogen) atoms. The quantitative estimate of drug-likeness (QED) is 0.837. The summed E-state index contributed by atoms with van der Waals surface area (Å²) in [4.78, 5) is 8.57. The topological polar surface area (TPSA) is 49.8 Å². The molecule has 1 unspecified atom stereocenters. The Labute approximate surface area is 128 Å². The van der Waals surface area contributed by atoms with Gasteiger partial charge in [-0.3, -0.25) is 0 Å². The molecule has 1 heterocycles. The number of hydrogen-bond donors (Lipinski definition) is 2. The van der Waals surface area contributed by atoms with Gasteiger partial charge in [0.05, 0.1) is 15.7 Å². The summed E-state index contributed by atoms with van der Waals surface area (Å²) in [5.41, 5.74) is 0.680. The molecule has 0 fully saturated rings. The van der Waals surface area contributed by atoms with Crippen LogP contribution in [0.2, 0.25) is 10.0 Å². The Bertz CT molecular complexity index is 589. The molecule has 1 aromatic carbocycles. The molecular formula is C14H16Cl2N4. The van der Waals surface area contributed by atoms with Gasteiger partial charge in [-0.05, 0) is 31.5 Å². The summed E-state index contributed by atoms with van der Waals surface area (Å²) in [7, 11) is 0. The van der Waals surface area contributed by atoms with Gasteiger partial charge in [0.25, 0.3) is 0 Å². The van der Waals surface area contributed by atoms with E-state index in [1.54, 1.807) is 12.3 Å². The van der Waals surface area contributed by atoms with Crippen LogP contribution in [0, 0.1) is 0 Å². The summed E-state index contributed by atoms with van der Waals surface area (Å²) in [5.74, 6) is 1.25. The zero-order valence-electron chi connectivity index (χ0n) is 11.3. The molecule has 0 saturated carbocycles. The smallest absolute Gasteiger partial charge is 0.229 e. The van der Waals surface area contributed by atoms with Gasteiger partial charge in [-0.25, -0.2) is 4.98 Å². The van der Waals surface area contributed by atoms with Crippen LogP contribution in [-0.2, 0) is 0 Å². The van der Waals surface area contributed by atoms with E-state index < -0.39 is 0 Å². The fraction of sp³-hybridized carbons (Fsp3) is 0.286. The van der Waals surface area contributed by atoms with Crippen LogP contribution in [0.25, 0.3) is 0 Å². The minimum Gasteiger partial charge on any atom is -0.367 e. The van der Waals surface area contributed by atoms with Gasteiger partial charge in [0.2, 0.25) is 5.95 Å². The second-order valence-corrected chi connectivity index (χ2v) is 5.23. The van der Waals surface area contributed by atoms with Crippen LogP contribution < -0.4 is 10.6 Å². The highest BCUT2D eigenvalue weighted by atomic mass is 35.5. The molecule has 1 atom stereocenters. The Kier molecular flexibility index (Phi) is 5.04. The van der Waals surface area contributed by atoms with Crippen LogP contribution in [0.15, 0.2) is 30.5 Å². The Morgan fingerprint density at radius 2 is 2.05 bits per heavy atom. The van der Waals surface area contributed by atoms with E-state index in [-0.39, 0.29) is 0 Å². The van der Waals surface area contributed by atoms with Gasteiger partial charge in [0.15, 0.2) is 0 Å². The van der Waals surface area contributed by atoms with Crippen molar-refractivity contribution in [2.45, 2.75) is 26.3 Å². The molecule has 6 heteroatoms. The van der Waals surface area contributed by atoms with E-state index in [1.165, 1.54) is 0 Å². The molecule has 1 aromatic heterocycles. The number of rotatable bonds is 5. The highest BCUT2D eigenvalue weighted by Gasteiger charge is 2.07. The van der Waals surface area contributed by atoms with Crippen LogP contribution in [0.5, 0.6) is 0 Å². The fourth-order valence-electron chi connectivity index (χ4n) is 1.57. The van der Waals surface area contributed by atoms with E-state index in [1.807, 2.05) is 18.2 Å². The second kappa shape index (κ2) is 6.77. The Balaban J connectivity index is 2.17.